The van der Waals surface area contributed by atoms with Crippen LogP contribution in [0.5, 0.6) is 5.75 Å². The van der Waals surface area contributed by atoms with Crippen molar-refractivity contribution in [2.45, 2.75) is 26.4 Å². The van der Waals surface area contributed by atoms with Gasteiger partial charge < -0.3 is 15.8 Å². The molecule has 0 fully saturated rings. The number of ether oxygens (including phenoxy) is 1. The smallest absolute Gasteiger partial charge is 0.226 e. The molecule has 0 spiro atoms. The molecule has 2 rings (SSSR count). The van der Waals surface area contributed by atoms with E-state index in [0.717, 1.165) is 22.9 Å². The highest BCUT2D eigenvalue weighted by atomic mass is 35.5. The number of rotatable bonds is 8. The molecule has 24 heavy (non-hydrogen) atoms. The summed E-state index contributed by atoms with van der Waals surface area (Å²) in [5.41, 5.74) is 7.36. The maximum Gasteiger partial charge on any atom is 0.226 e. The first-order valence-electron chi connectivity index (χ1n) is 7.27. The highest BCUT2D eigenvalue weighted by Crippen LogP contribution is 2.16. The number of amides is 1. The van der Waals surface area contributed by atoms with E-state index < -0.39 is 0 Å². The van der Waals surface area contributed by atoms with Crippen LogP contribution in [0.4, 0.5) is 0 Å². The third kappa shape index (κ3) is 7.97. The lowest BCUT2D eigenvalue weighted by atomic mass is 10.2. The normalized spacial score (nSPS) is 9.58. The summed E-state index contributed by atoms with van der Waals surface area (Å²) in [4.78, 5) is 16.1. The molecule has 5 nitrogen and oxygen atoms in total. The van der Waals surface area contributed by atoms with Crippen LogP contribution < -0.4 is 15.8 Å². The standard InChI is InChI=1S/C16H21N3O2S.2ClH/c1-12-3-5-14(6-4-12)21-10-16-19-13(11-22-16)9-15(20)18-8-2-7-17;;/h3-6,11H,2,7-10,17H2,1H3,(H,18,20);2*1H. The summed E-state index contributed by atoms with van der Waals surface area (Å²) in [6.07, 6.45) is 1.09. The largest absolute Gasteiger partial charge is 0.486 e. The molecule has 0 aliphatic heterocycles. The van der Waals surface area contributed by atoms with Crippen LogP contribution in [-0.2, 0) is 17.8 Å². The number of aryl methyl sites for hydroxylation is 1. The second-order valence-corrected chi connectivity index (χ2v) is 5.95. The number of thiazole rings is 1. The number of benzene rings is 1. The Labute approximate surface area is 158 Å². The van der Waals surface area contributed by atoms with E-state index in [9.17, 15) is 4.79 Å². The van der Waals surface area contributed by atoms with Gasteiger partial charge >= 0.3 is 0 Å². The van der Waals surface area contributed by atoms with E-state index in [1.807, 2.05) is 36.6 Å². The van der Waals surface area contributed by atoms with Gasteiger partial charge in [-0.2, -0.15) is 0 Å². The van der Waals surface area contributed by atoms with Crippen molar-refractivity contribution in [3.05, 3.63) is 45.9 Å². The minimum Gasteiger partial charge on any atom is -0.486 e. The topological polar surface area (TPSA) is 77.2 Å². The van der Waals surface area contributed by atoms with E-state index in [2.05, 4.69) is 10.3 Å². The Balaban J connectivity index is 0.00000264. The molecular formula is C16H23Cl2N3O2S. The minimum atomic E-state index is -0.0234. The zero-order chi connectivity index (χ0) is 15.8. The number of carbonyl (C=O) groups excluding carboxylic acids is 1. The molecular weight excluding hydrogens is 369 g/mol. The molecule has 1 amide bonds. The third-order valence-corrected chi connectivity index (χ3v) is 3.90. The van der Waals surface area contributed by atoms with Gasteiger partial charge in [0.1, 0.15) is 17.4 Å². The van der Waals surface area contributed by atoms with Gasteiger partial charge in [0.25, 0.3) is 0 Å². The summed E-state index contributed by atoms with van der Waals surface area (Å²) >= 11 is 1.51. The summed E-state index contributed by atoms with van der Waals surface area (Å²) in [6, 6.07) is 7.89. The zero-order valence-corrected chi connectivity index (χ0v) is 15.9. The molecule has 0 unspecified atom stereocenters. The molecule has 1 aromatic carbocycles. The van der Waals surface area contributed by atoms with Crippen LogP contribution in [0, 0.1) is 6.92 Å². The van der Waals surface area contributed by atoms with Crippen LogP contribution in [0.15, 0.2) is 29.6 Å². The number of nitrogens with two attached hydrogens (primary N) is 1. The monoisotopic (exact) mass is 391 g/mol. The second kappa shape index (κ2) is 12.1. The molecule has 3 N–H and O–H groups in total. The number of nitrogens with zero attached hydrogens (tertiary/aromatic N) is 1. The molecule has 8 heteroatoms. The van der Waals surface area contributed by atoms with Gasteiger partial charge in [-0.15, -0.1) is 36.2 Å². The summed E-state index contributed by atoms with van der Waals surface area (Å²) in [6.45, 7) is 3.65. The van der Waals surface area contributed by atoms with E-state index in [-0.39, 0.29) is 30.7 Å². The van der Waals surface area contributed by atoms with E-state index >= 15 is 0 Å². The van der Waals surface area contributed by atoms with Crippen molar-refractivity contribution in [3.8, 4) is 5.75 Å². The van der Waals surface area contributed by atoms with Gasteiger partial charge in [0.2, 0.25) is 5.91 Å². The third-order valence-electron chi connectivity index (χ3n) is 3.03. The zero-order valence-electron chi connectivity index (χ0n) is 13.5. The van der Waals surface area contributed by atoms with E-state index in [1.165, 1.54) is 16.9 Å². The predicted molar refractivity (Wildman–Crippen MR) is 103 cm³/mol. The van der Waals surface area contributed by atoms with Crippen LogP contribution in [0.3, 0.4) is 0 Å². The molecule has 0 aliphatic carbocycles. The first-order chi connectivity index (χ1) is 10.7. The number of aromatic nitrogens is 1. The maximum atomic E-state index is 11.7. The number of hydrogen-bond acceptors (Lipinski definition) is 5. The summed E-state index contributed by atoms with van der Waals surface area (Å²) in [5, 5.41) is 5.58. The van der Waals surface area contributed by atoms with Crippen LogP contribution in [-0.4, -0.2) is 24.0 Å². The summed E-state index contributed by atoms with van der Waals surface area (Å²) in [5.74, 6) is 0.798. The lowest BCUT2D eigenvalue weighted by Crippen LogP contribution is -2.27. The predicted octanol–water partition coefficient (Wildman–Crippen LogP) is 2.88. The first kappa shape index (κ1) is 22.7. The Morgan fingerprint density at radius 2 is 2.00 bits per heavy atom. The highest BCUT2D eigenvalue weighted by Gasteiger charge is 2.08. The Kier molecular flexibility index (Phi) is 11.4. The van der Waals surface area contributed by atoms with Crippen LogP contribution in [0.2, 0.25) is 0 Å². The molecule has 0 saturated carbocycles. The fraction of sp³-hybridized carbons (Fsp3) is 0.375. The average molecular weight is 392 g/mol. The van der Waals surface area contributed by atoms with Crippen molar-refractivity contribution in [2.75, 3.05) is 13.1 Å². The van der Waals surface area contributed by atoms with Crippen molar-refractivity contribution in [1.82, 2.24) is 10.3 Å². The summed E-state index contributed by atoms with van der Waals surface area (Å²) in [7, 11) is 0. The molecule has 0 radical (unpaired) electrons. The lowest BCUT2D eigenvalue weighted by molar-refractivity contribution is -0.120. The SMILES string of the molecule is Cc1ccc(OCc2nc(CC(=O)NCCCN)cs2)cc1.Cl.Cl. The van der Waals surface area contributed by atoms with Crippen molar-refractivity contribution < 1.29 is 9.53 Å². The van der Waals surface area contributed by atoms with Crippen LogP contribution in [0.25, 0.3) is 0 Å². The van der Waals surface area contributed by atoms with Crippen molar-refractivity contribution in [2.24, 2.45) is 5.73 Å². The number of nitrogens with one attached hydrogen (secondary N) is 1. The molecule has 134 valence electrons. The van der Waals surface area contributed by atoms with Gasteiger partial charge in [0, 0.05) is 11.9 Å². The van der Waals surface area contributed by atoms with Crippen molar-refractivity contribution in [1.29, 1.82) is 0 Å². The van der Waals surface area contributed by atoms with E-state index in [1.54, 1.807) is 0 Å². The Bertz CT molecular complexity index is 606. The number of hydrogen-bond donors (Lipinski definition) is 2. The molecule has 2 aromatic rings. The Morgan fingerprint density at radius 1 is 1.29 bits per heavy atom. The fourth-order valence-corrected chi connectivity index (χ4v) is 2.54. The van der Waals surface area contributed by atoms with Gasteiger partial charge in [-0.05, 0) is 32.0 Å². The maximum absolute atomic E-state index is 11.7. The average Bonchev–Trinajstić information content (AvgIpc) is 2.94. The van der Waals surface area contributed by atoms with Gasteiger partial charge in [-0.25, -0.2) is 4.98 Å². The van der Waals surface area contributed by atoms with Gasteiger partial charge in [-0.3, -0.25) is 4.79 Å². The van der Waals surface area contributed by atoms with Crippen LogP contribution >= 0.6 is 36.2 Å². The molecule has 0 bridgehead atoms. The van der Waals surface area contributed by atoms with Crippen molar-refractivity contribution >= 4 is 42.1 Å². The minimum absolute atomic E-state index is 0. The Morgan fingerprint density at radius 3 is 2.67 bits per heavy atom. The first-order valence-corrected chi connectivity index (χ1v) is 8.15. The van der Waals surface area contributed by atoms with Gasteiger partial charge in [-0.1, -0.05) is 17.7 Å². The number of halogens is 2. The Hall–Kier alpha value is -1.34. The quantitative estimate of drug-likeness (QED) is 0.678. The fourth-order valence-electron chi connectivity index (χ4n) is 1.83. The molecule has 0 aliphatic rings. The second-order valence-electron chi connectivity index (χ2n) is 5.00. The molecule has 1 aromatic heterocycles. The van der Waals surface area contributed by atoms with Gasteiger partial charge in [0.05, 0.1) is 12.1 Å². The lowest BCUT2D eigenvalue weighted by Gasteiger charge is -2.04. The molecule has 0 saturated heterocycles. The van der Waals surface area contributed by atoms with E-state index in [0.29, 0.717) is 26.1 Å². The molecule has 1 heterocycles. The highest BCUT2D eigenvalue weighted by molar-refractivity contribution is 7.09. The number of carbonyl (C=O) groups is 1. The summed E-state index contributed by atoms with van der Waals surface area (Å²) < 4.78 is 5.68. The van der Waals surface area contributed by atoms with Gasteiger partial charge in [0.15, 0.2) is 0 Å². The molecule has 0 atom stereocenters. The van der Waals surface area contributed by atoms with Crippen LogP contribution in [0.1, 0.15) is 22.7 Å². The van der Waals surface area contributed by atoms with Crippen molar-refractivity contribution in [3.63, 3.8) is 0 Å². The van der Waals surface area contributed by atoms with E-state index in [4.69, 9.17) is 10.5 Å².